The maximum Gasteiger partial charge on any atom is 0.252 e. The standard InChI is InChI=1S/C28H29N7O/c1-16-13-30-27(32-16)28(2,3)34-26(36)18-11-9-17(10-12-18)24-20-8-6-4-5-7-19(20)23-21-14-31-35-25(21)29-15-22(23)33-24/h9-15H,4-8H2,1-3H3,(H,30,32)(H,34,36)(H,29,31,35). The van der Waals surface area contributed by atoms with E-state index < -0.39 is 5.54 Å². The van der Waals surface area contributed by atoms with E-state index in [2.05, 4.69) is 30.5 Å². The lowest BCUT2D eigenvalue weighted by molar-refractivity contribution is 0.0908. The fourth-order valence-electron chi connectivity index (χ4n) is 5.26. The van der Waals surface area contributed by atoms with Crippen LogP contribution in [0.4, 0.5) is 0 Å². The van der Waals surface area contributed by atoms with Crippen molar-refractivity contribution in [3.63, 3.8) is 0 Å². The normalized spacial score (nSPS) is 14.1. The number of hydrogen-bond acceptors (Lipinski definition) is 5. The highest BCUT2D eigenvalue weighted by atomic mass is 16.1. The van der Waals surface area contributed by atoms with Gasteiger partial charge in [0, 0.05) is 33.8 Å². The van der Waals surface area contributed by atoms with Crippen molar-refractivity contribution in [1.82, 2.24) is 35.5 Å². The lowest BCUT2D eigenvalue weighted by atomic mass is 9.93. The summed E-state index contributed by atoms with van der Waals surface area (Å²) in [5.74, 6) is 0.589. The van der Waals surface area contributed by atoms with Crippen LogP contribution in [0.5, 0.6) is 0 Å². The summed E-state index contributed by atoms with van der Waals surface area (Å²) in [6.45, 7) is 5.83. The van der Waals surface area contributed by atoms with Crippen LogP contribution in [0.1, 0.15) is 66.1 Å². The summed E-state index contributed by atoms with van der Waals surface area (Å²) in [4.78, 5) is 30.3. The Hall–Kier alpha value is -4.07. The number of aromatic nitrogens is 6. The molecule has 8 nitrogen and oxygen atoms in total. The summed E-state index contributed by atoms with van der Waals surface area (Å²) >= 11 is 0. The third-order valence-electron chi connectivity index (χ3n) is 7.14. The molecule has 3 N–H and O–H groups in total. The van der Waals surface area contributed by atoms with E-state index in [0.29, 0.717) is 5.56 Å². The Morgan fingerprint density at radius 2 is 1.75 bits per heavy atom. The van der Waals surface area contributed by atoms with Gasteiger partial charge in [0.05, 0.1) is 29.1 Å². The molecule has 1 aliphatic carbocycles. The molecule has 6 rings (SSSR count). The number of amides is 1. The highest BCUT2D eigenvalue weighted by molar-refractivity contribution is 6.06. The first kappa shape index (κ1) is 22.4. The van der Waals surface area contributed by atoms with Gasteiger partial charge >= 0.3 is 0 Å². The first-order valence-corrected chi connectivity index (χ1v) is 12.5. The molecule has 1 amide bonds. The first-order valence-electron chi connectivity index (χ1n) is 12.5. The van der Waals surface area contributed by atoms with Gasteiger partial charge in [-0.3, -0.25) is 9.89 Å². The quantitative estimate of drug-likeness (QED) is 0.309. The van der Waals surface area contributed by atoms with Gasteiger partial charge in [-0.2, -0.15) is 5.10 Å². The van der Waals surface area contributed by atoms with E-state index in [-0.39, 0.29) is 5.91 Å². The van der Waals surface area contributed by atoms with E-state index in [1.54, 1.807) is 6.20 Å². The lowest BCUT2D eigenvalue weighted by Gasteiger charge is -2.24. The largest absolute Gasteiger partial charge is 0.344 e. The zero-order valence-electron chi connectivity index (χ0n) is 20.8. The van der Waals surface area contributed by atoms with Gasteiger partial charge in [0.2, 0.25) is 0 Å². The second-order valence-electron chi connectivity index (χ2n) is 10.2. The molecule has 8 heteroatoms. The van der Waals surface area contributed by atoms with Gasteiger partial charge in [0.25, 0.3) is 5.91 Å². The Morgan fingerprint density at radius 3 is 2.50 bits per heavy atom. The van der Waals surface area contributed by atoms with Crippen LogP contribution in [0.25, 0.3) is 33.2 Å². The molecule has 0 radical (unpaired) electrons. The van der Waals surface area contributed by atoms with Gasteiger partial charge in [-0.25, -0.2) is 15.0 Å². The highest BCUT2D eigenvalue weighted by Gasteiger charge is 2.27. The van der Waals surface area contributed by atoms with E-state index in [0.717, 1.165) is 65.0 Å². The Balaban J connectivity index is 1.37. The molecule has 0 atom stereocenters. The van der Waals surface area contributed by atoms with Crippen LogP contribution in [0, 0.1) is 6.92 Å². The molecule has 0 saturated carbocycles. The van der Waals surface area contributed by atoms with Gasteiger partial charge in [-0.15, -0.1) is 0 Å². The number of fused-ring (bicyclic) bond motifs is 5. The number of rotatable bonds is 4. The van der Waals surface area contributed by atoms with Gasteiger partial charge < -0.3 is 10.3 Å². The number of aromatic amines is 2. The number of imidazole rings is 1. The monoisotopic (exact) mass is 479 g/mol. The van der Waals surface area contributed by atoms with E-state index in [1.807, 2.05) is 57.4 Å². The molecule has 0 aliphatic heterocycles. The average Bonchev–Trinajstić information content (AvgIpc) is 3.46. The van der Waals surface area contributed by atoms with Crippen LogP contribution >= 0.6 is 0 Å². The number of pyridine rings is 2. The summed E-state index contributed by atoms with van der Waals surface area (Å²) in [5.41, 5.74) is 7.29. The number of carbonyl (C=O) groups is 1. The molecule has 36 heavy (non-hydrogen) atoms. The second kappa shape index (κ2) is 8.55. The summed E-state index contributed by atoms with van der Waals surface area (Å²) in [6, 6.07) is 7.76. The Labute approximate surface area is 209 Å². The Kier molecular flexibility index (Phi) is 5.32. The fourth-order valence-corrected chi connectivity index (χ4v) is 5.26. The van der Waals surface area contributed by atoms with E-state index >= 15 is 0 Å². The van der Waals surface area contributed by atoms with Crippen LogP contribution < -0.4 is 5.32 Å². The first-order chi connectivity index (χ1) is 17.4. The van der Waals surface area contributed by atoms with Gasteiger partial charge in [0.1, 0.15) is 5.82 Å². The Morgan fingerprint density at radius 1 is 0.972 bits per heavy atom. The predicted molar refractivity (Wildman–Crippen MR) is 140 cm³/mol. The number of nitrogens with one attached hydrogen (secondary N) is 3. The number of H-pyrrole nitrogens is 2. The topological polar surface area (TPSA) is 112 Å². The minimum Gasteiger partial charge on any atom is -0.344 e. The van der Waals surface area contributed by atoms with Gasteiger partial charge in [-0.1, -0.05) is 18.6 Å². The van der Waals surface area contributed by atoms with Crippen LogP contribution in [-0.2, 0) is 18.4 Å². The molecule has 0 unspecified atom stereocenters. The Bertz CT molecular complexity index is 1590. The van der Waals surface area contributed by atoms with Gasteiger partial charge in [0.15, 0.2) is 5.65 Å². The van der Waals surface area contributed by atoms with E-state index in [1.165, 1.54) is 22.9 Å². The zero-order chi connectivity index (χ0) is 24.9. The minimum absolute atomic E-state index is 0.141. The van der Waals surface area contributed by atoms with Crippen molar-refractivity contribution in [2.75, 3.05) is 0 Å². The molecular weight excluding hydrogens is 450 g/mol. The molecule has 1 aliphatic rings. The van der Waals surface area contributed by atoms with Crippen molar-refractivity contribution < 1.29 is 4.79 Å². The van der Waals surface area contributed by atoms with E-state index in [9.17, 15) is 4.79 Å². The van der Waals surface area contributed by atoms with Crippen molar-refractivity contribution in [3.05, 3.63) is 71.1 Å². The third-order valence-corrected chi connectivity index (χ3v) is 7.14. The highest BCUT2D eigenvalue weighted by Crippen LogP contribution is 2.36. The second-order valence-corrected chi connectivity index (χ2v) is 10.2. The SMILES string of the molecule is Cc1cnc(C(C)(C)NC(=O)c2ccc(-c3nc4cnc5[nH]ncc5c4c4c3CCCCC4)cc2)[nH]1. The van der Waals surface area contributed by atoms with Crippen molar-refractivity contribution in [2.45, 2.75) is 58.4 Å². The van der Waals surface area contributed by atoms with Crippen LogP contribution in [-0.4, -0.2) is 36.0 Å². The molecule has 0 saturated heterocycles. The number of carbonyl (C=O) groups excluding carboxylic acids is 1. The third kappa shape index (κ3) is 3.82. The minimum atomic E-state index is -0.618. The molecule has 5 aromatic rings. The molecular formula is C28H29N7O. The van der Waals surface area contributed by atoms with Crippen LogP contribution in [0.3, 0.4) is 0 Å². The molecule has 1 aromatic carbocycles. The smallest absolute Gasteiger partial charge is 0.252 e. The average molecular weight is 480 g/mol. The van der Waals surface area contributed by atoms with Gasteiger partial charge in [-0.05, 0) is 69.7 Å². The molecule has 182 valence electrons. The molecule has 0 bridgehead atoms. The molecule has 0 fully saturated rings. The molecule has 0 spiro atoms. The van der Waals surface area contributed by atoms with Crippen molar-refractivity contribution in [1.29, 1.82) is 0 Å². The maximum absolute atomic E-state index is 13.1. The van der Waals surface area contributed by atoms with Crippen molar-refractivity contribution >= 4 is 27.8 Å². The van der Waals surface area contributed by atoms with Crippen molar-refractivity contribution in [3.8, 4) is 11.3 Å². The number of benzene rings is 1. The van der Waals surface area contributed by atoms with Crippen LogP contribution in [0.15, 0.2) is 42.9 Å². The molecule has 4 aromatic heterocycles. The summed E-state index contributed by atoms with van der Waals surface area (Å²) in [7, 11) is 0. The van der Waals surface area contributed by atoms with Crippen molar-refractivity contribution in [2.24, 2.45) is 0 Å². The summed E-state index contributed by atoms with van der Waals surface area (Å²) in [5, 5.41) is 12.5. The summed E-state index contributed by atoms with van der Waals surface area (Å²) in [6.07, 6.45) is 11.0. The van der Waals surface area contributed by atoms with E-state index in [4.69, 9.17) is 4.98 Å². The number of aryl methyl sites for hydroxylation is 2. The lowest BCUT2D eigenvalue weighted by Crippen LogP contribution is -2.41. The zero-order valence-corrected chi connectivity index (χ0v) is 20.8. The summed E-state index contributed by atoms with van der Waals surface area (Å²) < 4.78 is 0. The molecule has 4 heterocycles. The number of nitrogens with zero attached hydrogens (tertiary/aromatic N) is 4. The van der Waals surface area contributed by atoms with Crippen LogP contribution in [0.2, 0.25) is 0 Å². The fraction of sp³-hybridized carbons (Fsp3) is 0.321. The maximum atomic E-state index is 13.1. The number of hydrogen-bond donors (Lipinski definition) is 3. The predicted octanol–water partition coefficient (Wildman–Crippen LogP) is 5.14.